The van der Waals surface area contributed by atoms with Crippen molar-refractivity contribution in [1.82, 2.24) is 10.6 Å². The number of carbonyl (C=O) groups is 2. The van der Waals surface area contributed by atoms with Crippen LogP contribution in [0.25, 0.3) is 0 Å². The first-order valence-corrected chi connectivity index (χ1v) is 6.13. The SMILES string of the molecule is O=C(NCCNC(=O)C1CCCO1)OCCCl. The molecule has 2 amide bonds. The molecule has 7 heteroatoms. The molecule has 1 rings (SSSR count). The summed E-state index contributed by atoms with van der Waals surface area (Å²) in [5, 5.41) is 5.16. The smallest absolute Gasteiger partial charge is 0.407 e. The summed E-state index contributed by atoms with van der Waals surface area (Å²) < 4.78 is 9.89. The molecule has 1 heterocycles. The molecule has 17 heavy (non-hydrogen) atoms. The molecular formula is C10H17ClN2O4. The lowest BCUT2D eigenvalue weighted by molar-refractivity contribution is -0.129. The number of ether oxygens (including phenoxy) is 2. The number of alkyl halides is 1. The highest BCUT2D eigenvalue weighted by Crippen LogP contribution is 2.11. The largest absolute Gasteiger partial charge is 0.448 e. The van der Waals surface area contributed by atoms with Gasteiger partial charge in [0.15, 0.2) is 0 Å². The molecule has 1 fully saturated rings. The Labute approximate surface area is 105 Å². The lowest BCUT2D eigenvalue weighted by Crippen LogP contribution is -2.39. The van der Waals surface area contributed by atoms with Crippen LogP contribution < -0.4 is 10.6 Å². The molecule has 2 N–H and O–H groups in total. The number of carbonyl (C=O) groups excluding carboxylic acids is 2. The van der Waals surface area contributed by atoms with Crippen molar-refractivity contribution >= 4 is 23.6 Å². The summed E-state index contributed by atoms with van der Waals surface area (Å²) in [4.78, 5) is 22.4. The van der Waals surface area contributed by atoms with Gasteiger partial charge in [0.05, 0.1) is 5.88 Å². The number of hydrogen-bond acceptors (Lipinski definition) is 4. The normalized spacial score (nSPS) is 18.8. The molecule has 0 aromatic carbocycles. The van der Waals surface area contributed by atoms with Crippen LogP contribution in [-0.2, 0) is 14.3 Å². The molecule has 1 saturated heterocycles. The van der Waals surface area contributed by atoms with Crippen molar-refractivity contribution in [2.24, 2.45) is 0 Å². The van der Waals surface area contributed by atoms with E-state index in [1.807, 2.05) is 0 Å². The molecular weight excluding hydrogens is 248 g/mol. The van der Waals surface area contributed by atoms with E-state index < -0.39 is 6.09 Å². The van der Waals surface area contributed by atoms with E-state index in [2.05, 4.69) is 15.4 Å². The average Bonchev–Trinajstić information content (AvgIpc) is 2.85. The maximum atomic E-state index is 11.5. The first-order valence-electron chi connectivity index (χ1n) is 5.60. The van der Waals surface area contributed by atoms with E-state index in [4.69, 9.17) is 16.3 Å². The number of rotatable bonds is 6. The Morgan fingerprint density at radius 3 is 2.76 bits per heavy atom. The van der Waals surface area contributed by atoms with Gasteiger partial charge < -0.3 is 20.1 Å². The van der Waals surface area contributed by atoms with Gasteiger partial charge in [-0.1, -0.05) is 0 Å². The van der Waals surface area contributed by atoms with E-state index in [0.29, 0.717) is 19.7 Å². The molecule has 1 atom stereocenters. The fourth-order valence-electron chi connectivity index (χ4n) is 1.43. The van der Waals surface area contributed by atoms with Gasteiger partial charge in [-0.2, -0.15) is 0 Å². The minimum Gasteiger partial charge on any atom is -0.448 e. The van der Waals surface area contributed by atoms with Gasteiger partial charge in [-0.3, -0.25) is 4.79 Å². The van der Waals surface area contributed by atoms with Gasteiger partial charge in [-0.15, -0.1) is 11.6 Å². The third-order valence-corrected chi connectivity index (χ3v) is 2.38. The highest BCUT2D eigenvalue weighted by Gasteiger charge is 2.22. The summed E-state index contributed by atoms with van der Waals surface area (Å²) in [5.74, 6) is 0.141. The number of alkyl carbamates (subject to hydrolysis) is 1. The van der Waals surface area contributed by atoms with Crippen molar-refractivity contribution in [3.63, 3.8) is 0 Å². The van der Waals surface area contributed by atoms with Crippen LogP contribution in [0, 0.1) is 0 Å². The highest BCUT2D eigenvalue weighted by molar-refractivity contribution is 6.18. The molecule has 0 aromatic rings. The van der Waals surface area contributed by atoms with Crippen LogP contribution in [0.2, 0.25) is 0 Å². The predicted octanol–water partition coefficient (Wildman–Crippen LogP) is 0.247. The summed E-state index contributed by atoms with van der Waals surface area (Å²) in [5.41, 5.74) is 0. The topological polar surface area (TPSA) is 76.7 Å². The predicted molar refractivity (Wildman–Crippen MR) is 62.1 cm³/mol. The molecule has 1 aliphatic heterocycles. The van der Waals surface area contributed by atoms with Crippen molar-refractivity contribution in [3.8, 4) is 0 Å². The zero-order valence-electron chi connectivity index (χ0n) is 9.54. The van der Waals surface area contributed by atoms with Crippen molar-refractivity contribution in [3.05, 3.63) is 0 Å². The van der Waals surface area contributed by atoms with E-state index in [1.165, 1.54) is 0 Å². The van der Waals surface area contributed by atoms with Gasteiger partial charge in [0.2, 0.25) is 5.91 Å². The first-order chi connectivity index (χ1) is 8.24. The molecule has 1 aliphatic rings. The van der Waals surface area contributed by atoms with E-state index in [9.17, 15) is 9.59 Å². The Bertz CT molecular complexity index is 257. The molecule has 0 spiro atoms. The van der Waals surface area contributed by atoms with E-state index in [0.717, 1.165) is 12.8 Å². The second-order valence-electron chi connectivity index (χ2n) is 3.54. The molecule has 98 valence electrons. The van der Waals surface area contributed by atoms with Crippen molar-refractivity contribution in [1.29, 1.82) is 0 Å². The Balaban J connectivity index is 1.99. The lowest BCUT2D eigenvalue weighted by Gasteiger charge is -2.10. The maximum absolute atomic E-state index is 11.5. The molecule has 0 aliphatic carbocycles. The van der Waals surface area contributed by atoms with Crippen molar-refractivity contribution in [2.45, 2.75) is 18.9 Å². The van der Waals surface area contributed by atoms with Crippen LogP contribution in [0.15, 0.2) is 0 Å². The van der Waals surface area contributed by atoms with Gasteiger partial charge in [0.25, 0.3) is 0 Å². The van der Waals surface area contributed by atoms with Crippen LogP contribution in [0.3, 0.4) is 0 Å². The average molecular weight is 265 g/mol. The molecule has 6 nitrogen and oxygen atoms in total. The van der Waals surface area contributed by atoms with Crippen LogP contribution in [0.5, 0.6) is 0 Å². The molecule has 0 radical (unpaired) electrons. The fourth-order valence-corrected chi connectivity index (χ4v) is 1.51. The van der Waals surface area contributed by atoms with Crippen LogP contribution >= 0.6 is 11.6 Å². The van der Waals surface area contributed by atoms with Gasteiger partial charge in [0, 0.05) is 19.7 Å². The first kappa shape index (κ1) is 14.1. The zero-order chi connectivity index (χ0) is 12.5. The minimum absolute atomic E-state index is 0.126. The number of hydrogen-bond donors (Lipinski definition) is 2. The Morgan fingerprint density at radius 2 is 2.12 bits per heavy atom. The molecule has 0 aromatic heterocycles. The van der Waals surface area contributed by atoms with E-state index in [-0.39, 0.29) is 24.5 Å². The lowest BCUT2D eigenvalue weighted by atomic mass is 10.2. The van der Waals surface area contributed by atoms with Gasteiger partial charge >= 0.3 is 6.09 Å². The van der Waals surface area contributed by atoms with Gasteiger partial charge in [-0.25, -0.2) is 4.79 Å². The third-order valence-electron chi connectivity index (χ3n) is 2.23. The van der Waals surface area contributed by atoms with E-state index >= 15 is 0 Å². The summed E-state index contributed by atoms with van der Waals surface area (Å²) in [7, 11) is 0. The second kappa shape index (κ2) is 8.14. The van der Waals surface area contributed by atoms with Crippen molar-refractivity contribution in [2.75, 3.05) is 32.2 Å². The third kappa shape index (κ3) is 5.74. The fraction of sp³-hybridized carbons (Fsp3) is 0.800. The summed E-state index contributed by atoms with van der Waals surface area (Å²) in [6, 6.07) is 0. The molecule has 0 saturated carbocycles. The van der Waals surface area contributed by atoms with Crippen LogP contribution in [0.4, 0.5) is 4.79 Å². The highest BCUT2D eigenvalue weighted by atomic mass is 35.5. The number of amides is 2. The summed E-state index contributed by atoms with van der Waals surface area (Å²) in [6.45, 7) is 1.49. The van der Waals surface area contributed by atoms with E-state index in [1.54, 1.807) is 0 Å². The van der Waals surface area contributed by atoms with Gasteiger partial charge in [-0.05, 0) is 12.8 Å². The molecule has 0 bridgehead atoms. The minimum atomic E-state index is -0.531. The Kier molecular flexibility index (Phi) is 6.73. The summed E-state index contributed by atoms with van der Waals surface area (Å²) in [6.07, 6.45) is 0.813. The quantitative estimate of drug-likeness (QED) is 0.532. The number of nitrogens with one attached hydrogen (secondary N) is 2. The van der Waals surface area contributed by atoms with Gasteiger partial charge in [0.1, 0.15) is 12.7 Å². The maximum Gasteiger partial charge on any atom is 0.407 e. The standard InChI is InChI=1S/C10H17ClN2O4/c11-3-7-17-10(15)13-5-4-12-9(14)8-2-1-6-16-8/h8H,1-7H2,(H,12,14)(H,13,15). The zero-order valence-corrected chi connectivity index (χ0v) is 10.3. The van der Waals surface area contributed by atoms with Crippen molar-refractivity contribution < 1.29 is 19.1 Å². The van der Waals surface area contributed by atoms with Crippen LogP contribution in [0.1, 0.15) is 12.8 Å². The second-order valence-corrected chi connectivity index (χ2v) is 3.92. The Hall–Kier alpha value is -1.01. The molecule has 1 unspecified atom stereocenters. The van der Waals surface area contributed by atoms with Crippen LogP contribution in [-0.4, -0.2) is 50.3 Å². The Morgan fingerprint density at radius 1 is 1.35 bits per heavy atom. The summed E-state index contributed by atoms with van der Waals surface area (Å²) >= 11 is 5.35. The number of halogens is 1. The monoisotopic (exact) mass is 264 g/mol.